The number of nitrogens with one attached hydrogen (secondary N) is 1. The van der Waals surface area contributed by atoms with Crippen molar-refractivity contribution < 1.29 is 19.4 Å². The summed E-state index contributed by atoms with van der Waals surface area (Å²) < 4.78 is 5.21. The summed E-state index contributed by atoms with van der Waals surface area (Å²) in [7, 11) is 0. The lowest BCUT2D eigenvalue weighted by atomic mass is 10.2. The quantitative estimate of drug-likeness (QED) is 0.855. The molecule has 104 valence electrons. The first-order chi connectivity index (χ1) is 9.66. The van der Waals surface area contributed by atoms with Crippen LogP contribution >= 0.6 is 11.3 Å². The Balaban J connectivity index is 1.80. The molecule has 2 N–H and O–H groups in total. The first-order valence-corrected chi connectivity index (χ1v) is 6.79. The summed E-state index contributed by atoms with van der Waals surface area (Å²) in [5, 5.41) is 13.2. The highest BCUT2D eigenvalue weighted by molar-refractivity contribution is 7.12. The van der Waals surface area contributed by atoms with Gasteiger partial charge in [0, 0.05) is 6.54 Å². The minimum Gasteiger partial charge on any atom is -0.482 e. The Morgan fingerprint density at radius 1 is 1.20 bits per heavy atom. The molecule has 6 heteroatoms. The molecule has 0 saturated heterocycles. The van der Waals surface area contributed by atoms with Gasteiger partial charge in [-0.05, 0) is 17.0 Å². The Kier molecular flexibility index (Phi) is 4.73. The number of aromatic carboxylic acids is 1. The molecule has 0 fully saturated rings. The number of rotatable bonds is 6. The van der Waals surface area contributed by atoms with Crippen LogP contribution in [0, 0.1) is 0 Å². The predicted octanol–water partition coefficient (Wildman–Crippen LogP) is 2.14. The average molecular weight is 291 g/mol. The second-order valence-electron chi connectivity index (χ2n) is 3.97. The fourth-order valence-corrected chi connectivity index (χ4v) is 2.23. The number of carbonyl (C=O) groups excluding carboxylic acids is 1. The molecule has 0 atom stereocenters. The zero-order valence-electron chi connectivity index (χ0n) is 10.5. The van der Waals surface area contributed by atoms with Gasteiger partial charge in [-0.3, -0.25) is 4.79 Å². The van der Waals surface area contributed by atoms with Crippen LogP contribution in [0.1, 0.15) is 15.2 Å². The monoisotopic (exact) mass is 291 g/mol. The highest BCUT2D eigenvalue weighted by Gasteiger charge is 2.13. The fourth-order valence-electron chi connectivity index (χ4n) is 1.56. The third kappa shape index (κ3) is 3.83. The molecule has 5 nitrogen and oxygen atoms in total. The zero-order chi connectivity index (χ0) is 14.4. The molecule has 1 aromatic carbocycles. The zero-order valence-corrected chi connectivity index (χ0v) is 11.4. The van der Waals surface area contributed by atoms with Crippen LogP contribution in [0.15, 0.2) is 41.8 Å². The Labute approximate surface area is 119 Å². The van der Waals surface area contributed by atoms with E-state index in [4.69, 9.17) is 9.84 Å². The Morgan fingerprint density at radius 3 is 2.65 bits per heavy atom. The van der Waals surface area contributed by atoms with Crippen molar-refractivity contribution in [1.29, 1.82) is 0 Å². The fraction of sp³-hybridized carbons (Fsp3) is 0.143. The molecule has 1 heterocycles. The molecule has 0 aliphatic heterocycles. The van der Waals surface area contributed by atoms with E-state index in [2.05, 4.69) is 5.32 Å². The normalized spacial score (nSPS) is 10.0. The number of ether oxygens (including phenoxy) is 1. The summed E-state index contributed by atoms with van der Waals surface area (Å²) in [5.74, 6) is -1.13. The van der Waals surface area contributed by atoms with Crippen LogP contribution in [0.2, 0.25) is 0 Å². The van der Waals surface area contributed by atoms with Gasteiger partial charge in [-0.2, -0.15) is 0 Å². The van der Waals surface area contributed by atoms with Gasteiger partial charge >= 0.3 is 5.97 Å². The SMILES string of the molecule is O=C(COc1ccsc1C(=O)O)NCc1ccccc1. The average Bonchev–Trinajstić information content (AvgIpc) is 2.92. The summed E-state index contributed by atoms with van der Waals surface area (Å²) in [6, 6.07) is 11.0. The van der Waals surface area contributed by atoms with E-state index >= 15 is 0 Å². The molecule has 2 rings (SSSR count). The van der Waals surface area contributed by atoms with Crippen molar-refractivity contribution in [2.24, 2.45) is 0 Å². The van der Waals surface area contributed by atoms with Crippen molar-refractivity contribution in [2.45, 2.75) is 6.54 Å². The van der Waals surface area contributed by atoms with E-state index in [1.807, 2.05) is 30.3 Å². The molecule has 0 unspecified atom stereocenters. The number of carboxylic acid groups (broad SMARTS) is 1. The lowest BCUT2D eigenvalue weighted by Gasteiger charge is -2.07. The van der Waals surface area contributed by atoms with Crippen molar-refractivity contribution in [3.63, 3.8) is 0 Å². The lowest BCUT2D eigenvalue weighted by molar-refractivity contribution is -0.123. The van der Waals surface area contributed by atoms with Gasteiger partial charge in [-0.25, -0.2) is 4.79 Å². The van der Waals surface area contributed by atoms with Gasteiger partial charge in [0.25, 0.3) is 5.91 Å². The molecular formula is C14H13NO4S. The second-order valence-corrected chi connectivity index (χ2v) is 4.89. The van der Waals surface area contributed by atoms with Crippen LogP contribution in [0.4, 0.5) is 0 Å². The highest BCUT2D eigenvalue weighted by atomic mass is 32.1. The van der Waals surface area contributed by atoms with Crippen molar-refractivity contribution in [3.8, 4) is 5.75 Å². The van der Waals surface area contributed by atoms with Crippen LogP contribution in [0.5, 0.6) is 5.75 Å². The summed E-state index contributed by atoms with van der Waals surface area (Å²) in [5.41, 5.74) is 0.989. The van der Waals surface area contributed by atoms with E-state index in [1.54, 1.807) is 11.4 Å². The summed E-state index contributed by atoms with van der Waals surface area (Å²) in [6.45, 7) is 0.211. The Morgan fingerprint density at radius 2 is 1.95 bits per heavy atom. The largest absolute Gasteiger partial charge is 0.482 e. The topological polar surface area (TPSA) is 75.6 Å². The molecular weight excluding hydrogens is 278 g/mol. The minimum atomic E-state index is -1.06. The number of carbonyl (C=O) groups is 2. The van der Waals surface area contributed by atoms with Crippen molar-refractivity contribution in [2.75, 3.05) is 6.61 Å². The van der Waals surface area contributed by atoms with E-state index < -0.39 is 5.97 Å². The van der Waals surface area contributed by atoms with Gasteiger partial charge in [-0.15, -0.1) is 11.3 Å². The molecule has 20 heavy (non-hydrogen) atoms. The van der Waals surface area contributed by atoms with Crippen molar-refractivity contribution in [3.05, 3.63) is 52.2 Å². The molecule has 0 aliphatic carbocycles. The highest BCUT2D eigenvalue weighted by Crippen LogP contribution is 2.24. The molecule has 0 bridgehead atoms. The van der Waals surface area contributed by atoms with E-state index in [0.29, 0.717) is 6.54 Å². The minimum absolute atomic E-state index is 0.0980. The van der Waals surface area contributed by atoms with Crippen molar-refractivity contribution >= 4 is 23.2 Å². The van der Waals surface area contributed by atoms with Crippen LogP contribution in [-0.2, 0) is 11.3 Å². The maximum absolute atomic E-state index is 11.6. The van der Waals surface area contributed by atoms with Crippen LogP contribution in [0.3, 0.4) is 0 Å². The third-order valence-electron chi connectivity index (χ3n) is 2.51. The molecule has 1 aromatic heterocycles. The van der Waals surface area contributed by atoms with Crippen LogP contribution in [-0.4, -0.2) is 23.6 Å². The Hall–Kier alpha value is -2.34. The summed E-state index contributed by atoms with van der Waals surface area (Å²) in [4.78, 5) is 22.6. The van der Waals surface area contributed by atoms with E-state index in [-0.39, 0.29) is 23.1 Å². The second kappa shape index (κ2) is 6.72. The number of carboxylic acids is 1. The van der Waals surface area contributed by atoms with Crippen LogP contribution < -0.4 is 10.1 Å². The van der Waals surface area contributed by atoms with Crippen LogP contribution in [0.25, 0.3) is 0 Å². The molecule has 0 radical (unpaired) electrons. The molecule has 0 spiro atoms. The molecule has 2 aromatic rings. The lowest BCUT2D eigenvalue weighted by Crippen LogP contribution is -2.28. The maximum Gasteiger partial charge on any atom is 0.349 e. The van der Waals surface area contributed by atoms with E-state index in [0.717, 1.165) is 16.9 Å². The number of benzene rings is 1. The third-order valence-corrected chi connectivity index (χ3v) is 3.40. The molecule has 0 aliphatic rings. The number of hydrogen-bond donors (Lipinski definition) is 2. The maximum atomic E-state index is 11.6. The van der Waals surface area contributed by atoms with Gasteiger partial charge in [0.1, 0.15) is 5.75 Å². The van der Waals surface area contributed by atoms with Gasteiger partial charge in [-0.1, -0.05) is 30.3 Å². The number of hydrogen-bond acceptors (Lipinski definition) is 4. The van der Waals surface area contributed by atoms with E-state index in [1.165, 1.54) is 0 Å². The van der Waals surface area contributed by atoms with Gasteiger partial charge in [0.05, 0.1) is 0 Å². The standard InChI is InChI=1S/C14H13NO4S/c16-12(15-8-10-4-2-1-3-5-10)9-19-11-6-7-20-13(11)14(17)18/h1-7H,8-9H2,(H,15,16)(H,17,18). The predicted molar refractivity (Wildman–Crippen MR) is 75.1 cm³/mol. The van der Waals surface area contributed by atoms with Gasteiger partial charge < -0.3 is 15.2 Å². The Bertz CT molecular complexity index is 594. The summed E-state index contributed by atoms with van der Waals surface area (Å²) >= 11 is 1.06. The first-order valence-electron chi connectivity index (χ1n) is 5.91. The van der Waals surface area contributed by atoms with Gasteiger partial charge in [0.2, 0.25) is 0 Å². The molecule has 1 amide bonds. The smallest absolute Gasteiger partial charge is 0.349 e. The van der Waals surface area contributed by atoms with E-state index in [9.17, 15) is 9.59 Å². The first kappa shape index (κ1) is 14.1. The number of amides is 1. The number of thiophene rings is 1. The van der Waals surface area contributed by atoms with Gasteiger partial charge in [0.15, 0.2) is 11.5 Å². The summed E-state index contributed by atoms with van der Waals surface area (Å²) in [6.07, 6.45) is 0. The molecule has 0 saturated carbocycles. The van der Waals surface area contributed by atoms with Crippen molar-refractivity contribution in [1.82, 2.24) is 5.32 Å².